The van der Waals surface area contributed by atoms with E-state index in [9.17, 15) is 21.6 Å². The molecule has 4 nitrogen and oxygen atoms in total. The monoisotopic (exact) mass is 349 g/mol. The molecule has 0 radical (unpaired) electrons. The van der Waals surface area contributed by atoms with Gasteiger partial charge in [0.05, 0.1) is 17.9 Å². The first kappa shape index (κ1) is 16.5. The zero-order valence-electron chi connectivity index (χ0n) is 12.7. The molecule has 0 unspecified atom stereocenters. The van der Waals surface area contributed by atoms with Crippen molar-refractivity contribution < 1.29 is 26.3 Å². The maximum absolute atomic E-state index is 13.2. The highest BCUT2D eigenvalue weighted by Crippen LogP contribution is 2.47. The minimum absolute atomic E-state index is 0.00291. The molecule has 2 aliphatic rings. The Balaban J connectivity index is 1.79. The van der Waals surface area contributed by atoms with Gasteiger partial charge < -0.3 is 4.74 Å². The summed E-state index contributed by atoms with van der Waals surface area (Å²) in [7, 11) is -3.15. The van der Waals surface area contributed by atoms with Crippen molar-refractivity contribution in [2.45, 2.75) is 38.3 Å². The first-order valence-electron chi connectivity index (χ1n) is 7.49. The van der Waals surface area contributed by atoms with Crippen molar-refractivity contribution in [2.24, 2.45) is 5.41 Å². The van der Waals surface area contributed by atoms with Gasteiger partial charge in [-0.1, -0.05) is 0 Å². The van der Waals surface area contributed by atoms with Crippen LogP contribution in [0, 0.1) is 5.41 Å². The molecule has 1 aromatic rings. The van der Waals surface area contributed by atoms with Crippen molar-refractivity contribution in [3.05, 3.63) is 22.9 Å². The van der Waals surface area contributed by atoms with Crippen LogP contribution < -0.4 is 4.74 Å². The van der Waals surface area contributed by atoms with E-state index in [0.717, 1.165) is 12.3 Å². The van der Waals surface area contributed by atoms with Crippen molar-refractivity contribution >= 4 is 9.84 Å². The number of pyridine rings is 1. The lowest BCUT2D eigenvalue weighted by atomic mass is 10.1. The first-order chi connectivity index (χ1) is 10.6. The molecular weight excluding hydrogens is 331 g/mol. The van der Waals surface area contributed by atoms with Gasteiger partial charge in [-0.2, -0.15) is 13.2 Å². The number of sulfone groups is 1. The molecule has 8 heteroatoms. The lowest BCUT2D eigenvalue weighted by molar-refractivity contribution is -0.138. The minimum Gasteiger partial charge on any atom is -0.477 e. The average molecular weight is 349 g/mol. The van der Waals surface area contributed by atoms with Gasteiger partial charge in [-0.3, -0.25) is 0 Å². The summed E-state index contributed by atoms with van der Waals surface area (Å²) in [6.45, 7) is 0.0865. The molecule has 1 fully saturated rings. The fraction of sp³-hybridized carbons (Fsp3) is 0.667. The third-order valence-corrected chi connectivity index (χ3v) is 5.52. The smallest absolute Gasteiger partial charge is 0.416 e. The summed E-state index contributed by atoms with van der Waals surface area (Å²) in [6, 6.07) is 0.945. The van der Waals surface area contributed by atoms with Crippen LogP contribution in [0.1, 0.15) is 36.1 Å². The van der Waals surface area contributed by atoms with Crippen LogP contribution in [-0.2, 0) is 28.9 Å². The number of hydrogen-bond donors (Lipinski definition) is 0. The number of aryl methyl sites for hydroxylation is 1. The summed E-state index contributed by atoms with van der Waals surface area (Å²) in [5, 5.41) is 0. The lowest BCUT2D eigenvalue weighted by Crippen LogP contribution is -2.23. The number of fused-ring (bicyclic) bond motifs is 1. The number of halogens is 3. The maximum atomic E-state index is 13.2. The molecule has 0 spiro atoms. The predicted molar refractivity (Wildman–Crippen MR) is 78.1 cm³/mol. The fourth-order valence-corrected chi connectivity index (χ4v) is 4.62. The molecular formula is C15H18F3NO3S. The maximum Gasteiger partial charge on any atom is 0.416 e. The topological polar surface area (TPSA) is 56.3 Å². The fourth-order valence-electron chi connectivity index (χ4n) is 3.13. The number of hydrogen-bond acceptors (Lipinski definition) is 4. The number of ether oxygens (including phenoxy) is 1. The van der Waals surface area contributed by atoms with Crippen LogP contribution in [0.3, 0.4) is 0 Å². The third kappa shape index (κ3) is 3.79. The standard InChI is InChI=1S/C15H18F3NO3S/c1-23(20,21)9-14(5-6-14)8-22-13-7-11(15(16,17)18)10-3-2-4-12(10)19-13/h7H,2-6,8-9H2,1H3. The molecule has 0 amide bonds. The van der Waals surface area contributed by atoms with E-state index < -0.39 is 27.0 Å². The highest BCUT2D eigenvalue weighted by molar-refractivity contribution is 7.90. The molecule has 0 atom stereocenters. The third-order valence-electron chi connectivity index (χ3n) is 4.38. The van der Waals surface area contributed by atoms with Gasteiger partial charge in [0.15, 0.2) is 0 Å². The highest BCUT2D eigenvalue weighted by Gasteiger charge is 2.46. The minimum atomic E-state index is -4.43. The Bertz CT molecular complexity index is 724. The quantitative estimate of drug-likeness (QED) is 0.820. The second kappa shape index (κ2) is 5.36. The van der Waals surface area contributed by atoms with E-state index in [1.807, 2.05) is 0 Å². The number of nitrogens with zero attached hydrogens (tertiary/aromatic N) is 1. The van der Waals surface area contributed by atoms with Crippen LogP contribution in [0.25, 0.3) is 0 Å². The first-order valence-corrected chi connectivity index (χ1v) is 9.55. The molecule has 1 saturated carbocycles. The second-order valence-electron chi connectivity index (χ2n) is 6.64. The summed E-state index contributed by atoms with van der Waals surface area (Å²) >= 11 is 0. The molecule has 3 rings (SSSR count). The zero-order chi connectivity index (χ0) is 16.9. The Morgan fingerprint density at radius 1 is 1.30 bits per heavy atom. The molecule has 128 valence electrons. The van der Waals surface area contributed by atoms with Crippen LogP contribution in [0.2, 0.25) is 0 Å². The molecule has 0 aliphatic heterocycles. The number of rotatable bonds is 5. The van der Waals surface area contributed by atoms with Gasteiger partial charge in [0.25, 0.3) is 0 Å². The van der Waals surface area contributed by atoms with Crippen molar-refractivity contribution in [3.8, 4) is 5.88 Å². The van der Waals surface area contributed by atoms with Crippen molar-refractivity contribution in [3.63, 3.8) is 0 Å². The van der Waals surface area contributed by atoms with Gasteiger partial charge in [-0.25, -0.2) is 13.4 Å². The zero-order valence-corrected chi connectivity index (χ0v) is 13.6. The highest BCUT2D eigenvalue weighted by atomic mass is 32.2. The summed E-state index contributed by atoms with van der Waals surface area (Å²) < 4.78 is 67.8. The van der Waals surface area contributed by atoms with Gasteiger partial charge in [-0.05, 0) is 37.7 Å². The molecule has 0 N–H and O–H groups in total. The van der Waals surface area contributed by atoms with E-state index in [2.05, 4.69) is 4.98 Å². The predicted octanol–water partition coefficient (Wildman–Crippen LogP) is 2.79. The molecule has 0 bridgehead atoms. The van der Waals surface area contributed by atoms with Crippen LogP contribution >= 0.6 is 0 Å². The second-order valence-corrected chi connectivity index (χ2v) is 8.78. The largest absolute Gasteiger partial charge is 0.477 e. The van der Waals surface area contributed by atoms with E-state index >= 15 is 0 Å². The molecule has 1 heterocycles. The van der Waals surface area contributed by atoms with Crippen molar-refractivity contribution in [1.29, 1.82) is 0 Å². The Labute approximate surface area is 133 Å². The molecule has 2 aliphatic carbocycles. The molecule has 1 aromatic heterocycles. The summed E-state index contributed by atoms with van der Waals surface area (Å²) in [5.74, 6) is -0.0605. The van der Waals surface area contributed by atoms with E-state index in [0.29, 0.717) is 37.8 Å². The lowest BCUT2D eigenvalue weighted by Gasteiger charge is -2.17. The Hall–Kier alpha value is -1.31. The van der Waals surface area contributed by atoms with E-state index in [1.54, 1.807) is 0 Å². The molecule has 0 aromatic carbocycles. The van der Waals surface area contributed by atoms with Gasteiger partial charge in [0, 0.05) is 23.4 Å². The van der Waals surface area contributed by atoms with Gasteiger partial charge in [0.1, 0.15) is 9.84 Å². The van der Waals surface area contributed by atoms with Crippen LogP contribution in [0.15, 0.2) is 6.07 Å². The summed E-state index contributed by atoms with van der Waals surface area (Å²) in [5.41, 5.74) is -0.431. The Kier molecular flexibility index (Phi) is 3.85. The van der Waals surface area contributed by atoms with Crippen LogP contribution in [-0.4, -0.2) is 32.0 Å². The van der Waals surface area contributed by atoms with E-state index in [-0.39, 0.29) is 23.8 Å². The van der Waals surface area contributed by atoms with Crippen molar-refractivity contribution in [1.82, 2.24) is 4.98 Å². The average Bonchev–Trinajstić information content (AvgIpc) is 2.97. The Morgan fingerprint density at radius 3 is 2.57 bits per heavy atom. The van der Waals surface area contributed by atoms with Gasteiger partial charge in [-0.15, -0.1) is 0 Å². The summed E-state index contributed by atoms with van der Waals surface area (Å²) in [4.78, 5) is 4.18. The van der Waals surface area contributed by atoms with E-state index in [1.165, 1.54) is 0 Å². The van der Waals surface area contributed by atoms with Gasteiger partial charge in [0.2, 0.25) is 5.88 Å². The van der Waals surface area contributed by atoms with Crippen molar-refractivity contribution in [2.75, 3.05) is 18.6 Å². The SMILES string of the molecule is CS(=O)(=O)CC1(COc2cc(C(F)(F)F)c3c(n2)CCC3)CC1. The van der Waals surface area contributed by atoms with Gasteiger partial charge >= 0.3 is 6.18 Å². The summed E-state index contributed by atoms with van der Waals surface area (Å²) in [6.07, 6.45) is -0.303. The molecule has 23 heavy (non-hydrogen) atoms. The molecule has 0 saturated heterocycles. The Morgan fingerprint density at radius 2 is 2.00 bits per heavy atom. The number of aromatic nitrogens is 1. The normalized spacial score (nSPS) is 19.5. The van der Waals surface area contributed by atoms with Crippen LogP contribution in [0.5, 0.6) is 5.88 Å². The van der Waals surface area contributed by atoms with E-state index in [4.69, 9.17) is 4.74 Å². The number of alkyl halides is 3. The van der Waals surface area contributed by atoms with Crippen LogP contribution in [0.4, 0.5) is 13.2 Å².